The van der Waals surface area contributed by atoms with Gasteiger partial charge in [0, 0.05) is 32.3 Å². The molecule has 7 heteroatoms. The van der Waals surface area contributed by atoms with Gasteiger partial charge in [0.2, 0.25) is 11.8 Å². The van der Waals surface area contributed by atoms with Gasteiger partial charge in [-0.1, -0.05) is 0 Å². The van der Waals surface area contributed by atoms with Crippen LogP contribution < -0.4 is 10.6 Å². The highest BCUT2D eigenvalue weighted by atomic mass is 16.2. The Morgan fingerprint density at radius 3 is 2.86 bits per heavy atom. The zero-order chi connectivity index (χ0) is 15.7. The standard InChI is InChI=1S/C15H23N5O2/c1-19(2)13(21)10-20-8-3-12(18-20)17-14(22)11-9-15(11)4-6-16-7-5-15/h3,8,11,16H,4-7,9-10H2,1-2H3,(H,17,18,22). The van der Waals surface area contributed by atoms with Crippen molar-refractivity contribution in [3.8, 4) is 0 Å². The van der Waals surface area contributed by atoms with Crippen LogP contribution in [0.3, 0.4) is 0 Å². The molecule has 1 unspecified atom stereocenters. The second-order valence-electron chi connectivity index (χ2n) is 6.55. The average molecular weight is 305 g/mol. The number of nitrogens with zero attached hydrogens (tertiary/aromatic N) is 3. The van der Waals surface area contributed by atoms with E-state index in [1.165, 1.54) is 4.90 Å². The van der Waals surface area contributed by atoms with Crippen LogP contribution in [0, 0.1) is 11.3 Å². The lowest BCUT2D eigenvalue weighted by Crippen LogP contribution is -2.31. The molecule has 0 bridgehead atoms. The maximum Gasteiger partial charge on any atom is 0.243 e. The highest BCUT2D eigenvalue weighted by Gasteiger charge is 2.57. The zero-order valence-electron chi connectivity index (χ0n) is 13.1. The molecule has 1 saturated carbocycles. The number of carbonyl (C=O) groups is 2. The lowest BCUT2D eigenvalue weighted by Gasteiger charge is -2.23. The van der Waals surface area contributed by atoms with Crippen LogP contribution in [0.1, 0.15) is 19.3 Å². The molecule has 3 rings (SSSR count). The normalized spacial score (nSPS) is 22.4. The molecule has 2 fully saturated rings. The van der Waals surface area contributed by atoms with E-state index in [2.05, 4.69) is 15.7 Å². The molecule has 1 spiro atoms. The summed E-state index contributed by atoms with van der Waals surface area (Å²) < 4.78 is 1.55. The van der Waals surface area contributed by atoms with Gasteiger partial charge in [-0.2, -0.15) is 5.10 Å². The molecule has 22 heavy (non-hydrogen) atoms. The van der Waals surface area contributed by atoms with Gasteiger partial charge in [-0.15, -0.1) is 0 Å². The predicted octanol–water partition coefficient (Wildman–Crippen LogP) is 0.300. The number of amides is 2. The van der Waals surface area contributed by atoms with E-state index in [4.69, 9.17) is 0 Å². The van der Waals surface area contributed by atoms with E-state index in [0.29, 0.717) is 5.82 Å². The third-order valence-corrected chi connectivity index (χ3v) is 4.79. The molecule has 2 N–H and O–H groups in total. The largest absolute Gasteiger partial charge is 0.347 e. The number of likely N-dealkylation sites (N-methyl/N-ethyl adjacent to an activating group) is 1. The van der Waals surface area contributed by atoms with E-state index in [1.54, 1.807) is 31.0 Å². The number of piperidine rings is 1. The van der Waals surface area contributed by atoms with Crippen molar-refractivity contribution in [3.63, 3.8) is 0 Å². The highest BCUT2D eigenvalue weighted by Crippen LogP contribution is 2.58. The first-order chi connectivity index (χ1) is 10.5. The van der Waals surface area contributed by atoms with E-state index in [0.717, 1.165) is 32.4 Å². The molecule has 0 radical (unpaired) electrons. The maximum atomic E-state index is 12.3. The van der Waals surface area contributed by atoms with E-state index < -0.39 is 0 Å². The molecule has 2 amide bonds. The SMILES string of the molecule is CN(C)C(=O)Cn1ccc(NC(=O)C2CC23CCNCC3)n1. The van der Waals surface area contributed by atoms with Crippen molar-refractivity contribution < 1.29 is 9.59 Å². The van der Waals surface area contributed by atoms with Gasteiger partial charge in [0.15, 0.2) is 5.82 Å². The number of nitrogens with one attached hydrogen (secondary N) is 2. The van der Waals surface area contributed by atoms with Gasteiger partial charge in [-0.25, -0.2) is 0 Å². The third kappa shape index (κ3) is 2.99. The molecule has 1 aliphatic carbocycles. The van der Waals surface area contributed by atoms with Gasteiger partial charge >= 0.3 is 0 Å². The molecule has 0 aromatic carbocycles. The number of hydrogen-bond donors (Lipinski definition) is 2. The Hall–Kier alpha value is -1.89. The fourth-order valence-electron chi connectivity index (χ4n) is 3.21. The summed E-state index contributed by atoms with van der Waals surface area (Å²) in [5, 5.41) is 10.5. The number of anilines is 1. The smallest absolute Gasteiger partial charge is 0.243 e. The Balaban J connectivity index is 1.54. The second kappa shape index (κ2) is 5.72. The van der Waals surface area contributed by atoms with Crippen molar-refractivity contribution >= 4 is 17.6 Å². The van der Waals surface area contributed by atoms with Crippen LogP contribution in [-0.2, 0) is 16.1 Å². The fraction of sp³-hybridized carbons (Fsp3) is 0.667. The molecule has 1 saturated heterocycles. The number of carbonyl (C=O) groups excluding carboxylic acids is 2. The lowest BCUT2D eigenvalue weighted by atomic mass is 9.92. The molecule has 1 aromatic heterocycles. The Kier molecular flexibility index (Phi) is 3.90. The quantitative estimate of drug-likeness (QED) is 0.838. The molecule has 2 heterocycles. The van der Waals surface area contributed by atoms with E-state index in [1.807, 2.05) is 0 Å². The van der Waals surface area contributed by atoms with Crippen molar-refractivity contribution in [2.45, 2.75) is 25.8 Å². The van der Waals surface area contributed by atoms with Crippen LogP contribution in [0.15, 0.2) is 12.3 Å². The first-order valence-electron chi connectivity index (χ1n) is 7.75. The second-order valence-corrected chi connectivity index (χ2v) is 6.55. The van der Waals surface area contributed by atoms with Crippen LogP contribution in [0.25, 0.3) is 0 Å². The average Bonchev–Trinajstić information content (AvgIpc) is 2.99. The van der Waals surface area contributed by atoms with E-state index in [-0.39, 0.29) is 29.7 Å². The Bertz CT molecular complexity index is 574. The fourth-order valence-corrected chi connectivity index (χ4v) is 3.21. The summed E-state index contributed by atoms with van der Waals surface area (Å²) in [4.78, 5) is 25.5. The Morgan fingerprint density at radius 1 is 1.45 bits per heavy atom. The van der Waals surface area contributed by atoms with Gasteiger partial charge in [0.05, 0.1) is 0 Å². The molecule has 120 valence electrons. The van der Waals surface area contributed by atoms with Crippen molar-refractivity contribution in [1.29, 1.82) is 0 Å². The molecule has 1 aromatic rings. The minimum absolute atomic E-state index is 0.0307. The van der Waals surface area contributed by atoms with Gasteiger partial charge in [0.1, 0.15) is 6.54 Å². The lowest BCUT2D eigenvalue weighted by molar-refractivity contribution is -0.129. The molecule has 1 atom stereocenters. The summed E-state index contributed by atoms with van der Waals surface area (Å²) in [5.41, 5.74) is 0.221. The third-order valence-electron chi connectivity index (χ3n) is 4.79. The minimum atomic E-state index is -0.0307. The number of rotatable bonds is 4. The molecular weight excluding hydrogens is 282 g/mol. The van der Waals surface area contributed by atoms with Crippen molar-refractivity contribution in [1.82, 2.24) is 20.0 Å². The summed E-state index contributed by atoms with van der Waals surface area (Å²) in [7, 11) is 3.42. The first-order valence-corrected chi connectivity index (χ1v) is 7.75. The van der Waals surface area contributed by atoms with Gasteiger partial charge in [-0.3, -0.25) is 14.3 Å². The number of aromatic nitrogens is 2. The predicted molar refractivity (Wildman–Crippen MR) is 82.2 cm³/mol. The van der Waals surface area contributed by atoms with Crippen LogP contribution in [-0.4, -0.2) is 53.7 Å². The zero-order valence-corrected chi connectivity index (χ0v) is 13.1. The highest BCUT2D eigenvalue weighted by molar-refractivity contribution is 5.94. The van der Waals surface area contributed by atoms with Crippen LogP contribution in [0.4, 0.5) is 5.82 Å². The van der Waals surface area contributed by atoms with Gasteiger partial charge in [0.25, 0.3) is 0 Å². The number of hydrogen-bond acceptors (Lipinski definition) is 4. The summed E-state index contributed by atoms with van der Waals surface area (Å²) in [5.74, 6) is 0.665. The summed E-state index contributed by atoms with van der Waals surface area (Å²) >= 11 is 0. The van der Waals surface area contributed by atoms with Gasteiger partial charge in [-0.05, 0) is 37.8 Å². The summed E-state index contributed by atoms with van der Waals surface area (Å²) in [6.45, 7) is 2.19. The van der Waals surface area contributed by atoms with Crippen LogP contribution in [0.5, 0.6) is 0 Å². The molecule has 1 aliphatic heterocycles. The minimum Gasteiger partial charge on any atom is -0.347 e. The Morgan fingerprint density at radius 2 is 2.18 bits per heavy atom. The summed E-state index contributed by atoms with van der Waals surface area (Å²) in [6.07, 6.45) is 4.86. The van der Waals surface area contributed by atoms with Crippen molar-refractivity contribution in [3.05, 3.63) is 12.3 Å². The van der Waals surface area contributed by atoms with Gasteiger partial charge < -0.3 is 15.5 Å². The molecule has 7 nitrogen and oxygen atoms in total. The van der Waals surface area contributed by atoms with Crippen LogP contribution >= 0.6 is 0 Å². The van der Waals surface area contributed by atoms with Crippen molar-refractivity contribution in [2.75, 3.05) is 32.5 Å². The van der Waals surface area contributed by atoms with Crippen LogP contribution in [0.2, 0.25) is 0 Å². The maximum absolute atomic E-state index is 12.3. The van der Waals surface area contributed by atoms with Crippen molar-refractivity contribution in [2.24, 2.45) is 11.3 Å². The Labute approximate surface area is 130 Å². The summed E-state index contributed by atoms with van der Waals surface area (Å²) in [6, 6.07) is 1.73. The molecule has 2 aliphatic rings. The first kappa shape index (κ1) is 15.0. The molecular formula is C15H23N5O2. The van der Waals surface area contributed by atoms with E-state index >= 15 is 0 Å². The van der Waals surface area contributed by atoms with E-state index in [9.17, 15) is 9.59 Å². The monoisotopic (exact) mass is 305 g/mol. The topological polar surface area (TPSA) is 79.3 Å².